The van der Waals surface area contributed by atoms with Gasteiger partial charge >= 0.3 is 0 Å². The van der Waals surface area contributed by atoms with Crippen molar-refractivity contribution in [2.24, 2.45) is 10.9 Å². The molecule has 0 spiro atoms. The third-order valence-electron chi connectivity index (χ3n) is 3.83. The van der Waals surface area contributed by atoms with Crippen molar-refractivity contribution in [3.63, 3.8) is 0 Å². The van der Waals surface area contributed by atoms with Crippen LogP contribution in [-0.4, -0.2) is 24.3 Å². The van der Waals surface area contributed by atoms with Gasteiger partial charge in [-0.25, -0.2) is 0 Å². The van der Waals surface area contributed by atoms with Crippen molar-refractivity contribution in [1.82, 2.24) is 4.90 Å². The van der Waals surface area contributed by atoms with Crippen molar-refractivity contribution in [1.29, 1.82) is 0 Å². The Morgan fingerprint density at radius 2 is 2.00 bits per heavy atom. The summed E-state index contributed by atoms with van der Waals surface area (Å²) < 4.78 is 0. The molecule has 0 amide bonds. The quantitative estimate of drug-likeness (QED) is 0.775. The van der Waals surface area contributed by atoms with Crippen LogP contribution >= 0.6 is 0 Å². The first kappa shape index (κ1) is 10.8. The number of aliphatic imine (C=N–C) groups is 1. The highest BCUT2D eigenvalue weighted by Gasteiger charge is 2.33. The fraction of sp³-hybridized carbons (Fsp3) is 0.533. The fourth-order valence-corrected chi connectivity index (χ4v) is 2.63. The van der Waals surface area contributed by atoms with Gasteiger partial charge in [0.05, 0.1) is 11.9 Å². The van der Waals surface area contributed by atoms with Crippen molar-refractivity contribution >= 4 is 5.84 Å². The maximum atomic E-state index is 5.03. The van der Waals surface area contributed by atoms with Crippen molar-refractivity contribution in [3.05, 3.63) is 35.9 Å². The second-order valence-corrected chi connectivity index (χ2v) is 5.26. The molecule has 2 aliphatic rings. The van der Waals surface area contributed by atoms with Crippen LogP contribution in [-0.2, 0) is 0 Å². The SMILES string of the molecule is CN1CCCC1=NC(c1ccccc1)C1CC1. The van der Waals surface area contributed by atoms with E-state index < -0.39 is 0 Å². The molecule has 1 aromatic rings. The topological polar surface area (TPSA) is 15.6 Å². The lowest BCUT2D eigenvalue weighted by Crippen LogP contribution is -2.20. The van der Waals surface area contributed by atoms with Gasteiger partial charge in [0.1, 0.15) is 0 Å². The van der Waals surface area contributed by atoms with E-state index in [4.69, 9.17) is 4.99 Å². The molecule has 1 aromatic carbocycles. The highest BCUT2D eigenvalue weighted by atomic mass is 15.2. The summed E-state index contributed by atoms with van der Waals surface area (Å²) in [7, 11) is 2.17. The molecule has 17 heavy (non-hydrogen) atoms. The van der Waals surface area contributed by atoms with E-state index in [9.17, 15) is 0 Å². The molecule has 1 unspecified atom stereocenters. The van der Waals surface area contributed by atoms with Crippen LogP contribution in [0.3, 0.4) is 0 Å². The Bertz CT molecular complexity index is 406. The summed E-state index contributed by atoms with van der Waals surface area (Å²) in [5, 5.41) is 0. The minimum Gasteiger partial charge on any atom is -0.363 e. The van der Waals surface area contributed by atoms with Crippen LogP contribution in [0.1, 0.15) is 37.3 Å². The highest BCUT2D eigenvalue weighted by molar-refractivity contribution is 5.84. The number of amidine groups is 1. The van der Waals surface area contributed by atoms with Crippen molar-refractivity contribution < 1.29 is 0 Å². The number of benzene rings is 1. The molecular weight excluding hydrogens is 208 g/mol. The Balaban J connectivity index is 1.86. The maximum Gasteiger partial charge on any atom is 0.0994 e. The summed E-state index contributed by atoms with van der Waals surface area (Å²) in [6, 6.07) is 11.2. The smallest absolute Gasteiger partial charge is 0.0994 e. The Morgan fingerprint density at radius 1 is 1.24 bits per heavy atom. The minimum atomic E-state index is 0.409. The van der Waals surface area contributed by atoms with Gasteiger partial charge in [-0.2, -0.15) is 0 Å². The van der Waals surface area contributed by atoms with E-state index >= 15 is 0 Å². The lowest BCUT2D eigenvalue weighted by Gasteiger charge is -2.17. The van der Waals surface area contributed by atoms with Crippen molar-refractivity contribution in [2.45, 2.75) is 31.7 Å². The molecule has 90 valence electrons. The predicted octanol–water partition coefficient (Wildman–Crippen LogP) is 3.26. The molecule has 1 saturated heterocycles. The molecule has 1 aliphatic heterocycles. The Hall–Kier alpha value is -1.31. The van der Waals surface area contributed by atoms with E-state index in [0.717, 1.165) is 12.3 Å². The zero-order valence-electron chi connectivity index (χ0n) is 10.5. The van der Waals surface area contributed by atoms with Crippen LogP contribution < -0.4 is 0 Å². The van der Waals surface area contributed by atoms with Crippen LogP contribution in [0.5, 0.6) is 0 Å². The normalized spacial score (nSPS) is 24.3. The van der Waals surface area contributed by atoms with Gasteiger partial charge < -0.3 is 4.90 Å². The van der Waals surface area contributed by atoms with E-state index in [1.165, 1.54) is 37.2 Å². The largest absolute Gasteiger partial charge is 0.363 e. The van der Waals surface area contributed by atoms with Gasteiger partial charge in [-0.3, -0.25) is 4.99 Å². The van der Waals surface area contributed by atoms with Gasteiger partial charge in [0.2, 0.25) is 0 Å². The second-order valence-electron chi connectivity index (χ2n) is 5.26. The number of hydrogen-bond donors (Lipinski definition) is 0. The third kappa shape index (κ3) is 2.36. The predicted molar refractivity (Wildman–Crippen MR) is 71.2 cm³/mol. The summed E-state index contributed by atoms with van der Waals surface area (Å²) in [5.41, 5.74) is 1.39. The van der Waals surface area contributed by atoms with Gasteiger partial charge in [0.15, 0.2) is 0 Å². The molecular formula is C15H20N2. The van der Waals surface area contributed by atoms with Crippen molar-refractivity contribution in [3.8, 4) is 0 Å². The Labute approximate surface area is 103 Å². The average molecular weight is 228 g/mol. The van der Waals surface area contributed by atoms with Gasteiger partial charge in [-0.1, -0.05) is 30.3 Å². The Morgan fingerprint density at radius 3 is 2.59 bits per heavy atom. The van der Waals surface area contributed by atoms with E-state index in [1.807, 2.05) is 0 Å². The van der Waals surface area contributed by atoms with Gasteiger partial charge in [-0.15, -0.1) is 0 Å². The van der Waals surface area contributed by atoms with E-state index in [0.29, 0.717) is 6.04 Å². The van der Waals surface area contributed by atoms with Crippen LogP contribution in [0.15, 0.2) is 35.3 Å². The van der Waals surface area contributed by atoms with E-state index in [1.54, 1.807) is 0 Å². The maximum absolute atomic E-state index is 5.03. The second kappa shape index (κ2) is 4.52. The molecule has 2 fully saturated rings. The summed E-state index contributed by atoms with van der Waals surface area (Å²) in [6.45, 7) is 1.17. The standard InChI is InChI=1S/C15H20N2/c1-17-11-5-8-14(17)16-15(13-9-10-13)12-6-3-2-4-7-12/h2-4,6-7,13,15H,5,8-11H2,1H3. The molecule has 2 nitrogen and oxygen atoms in total. The summed E-state index contributed by atoms with van der Waals surface area (Å²) in [5.74, 6) is 2.10. The zero-order chi connectivity index (χ0) is 11.7. The molecule has 0 aromatic heterocycles. The number of likely N-dealkylation sites (tertiary alicyclic amines) is 1. The number of rotatable bonds is 3. The summed E-state index contributed by atoms with van der Waals surface area (Å²) in [6.07, 6.45) is 5.12. The third-order valence-corrected chi connectivity index (χ3v) is 3.83. The number of nitrogens with zero attached hydrogens (tertiary/aromatic N) is 2. The zero-order valence-corrected chi connectivity index (χ0v) is 10.5. The van der Waals surface area contributed by atoms with Crippen LogP contribution in [0.2, 0.25) is 0 Å². The minimum absolute atomic E-state index is 0.409. The highest BCUT2D eigenvalue weighted by Crippen LogP contribution is 2.43. The van der Waals surface area contributed by atoms with E-state index in [2.05, 4.69) is 42.3 Å². The first-order valence-electron chi connectivity index (χ1n) is 6.67. The lowest BCUT2D eigenvalue weighted by molar-refractivity contribution is 0.536. The molecule has 0 N–H and O–H groups in total. The average Bonchev–Trinajstić information content (AvgIpc) is 3.12. The summed E-state index contributed by atoms with van der Waals surface area (Å²) in [4.78, 5) is 7.35. The molecule has 0 radical (unpaired) electrons. The molecule has 1 aliphatic carbocycles. The molecule has 1 heterocycles. The molecule has 0 bridgehead atoms. The number of hydrogen-bond acceptors (Lipinski definition) is 1. The van der Waals surface area contributed by atoms with Crippen LogP contribution in [0.4, 0.5) is 0 Å². The van der Waals surface area contributed by atoms with Crippen molar-refractivity contribution in [2.75, 3.05) is 13.6 Å². The molecule has 3 rings (SSSR count). The molecule has 1 atom stereocenters. The van der Waals surface area contributed by atoms with Crippen LogP contribution in [0, 0.1) is 5.92 Å². The first-order valence-corrected chi connectivity index (χ1v) is 6.67. The van der Waals surface area contributed by atoms with E-state index in [-0.39, 0.29) is 0 Å². The van der Waals surface area contributed by atoms with Gasteiger partial charge in [0, 0.05) is 20.0 Å². The summed E-state index contributed by atoms with van der Waals surface area (Å²) >= 11 is 0. The molecule has 2 heteroatoms. The van der Waals surface area contributed by atoms with Gasteiger partial charge in [0.25, 0.3) is 0 Å². The Kier molecular flexibility index (Phi) is 2.87. The first-order chi connectivity index (χ1) is 8.34. The van der Waals surface area contributed by atoms with Crippen LogP contribution in [0.25, 0.3) is 0 Å². The lowest BCUT2D eigenvalue weighted by atomic mass is 10.0. The van der Waals surface area contributed by atoms with Gasteiger partial charge in [-0.05, 0) is 30.7 Å². The molecule has 1 saturated carbocycles. The monoisotopic (exact) mass is 228 g/mol. The fourth-order valence-electron chi connectivity index (χ4n) is 2.63.